The van der Waals surface area contributed by atoms with E-state index in [-0.39, 0.29) is 11.8 Å². The number of piperidine rings is 1. The van der Waals surface area contributed by atoms with Gasteiger partial charge in [-0.25, -0.2) is 0 Å². The monoisotopic (exact) mass is 260 g/mol. The number of anilines is 1. The number of hydrogen-bond donors (Lipinski definition) is 1. The minimum absolute atomic E-state index is 0.0184. The summed E-state index contributed by atoms with van der Waals surface area (Å²) in [6, 6.07) is 7.12. The van der Waals surface area contributed by atoms with Crippen LogP contribution in [-0.4, -0.2) is 29.8 Å². The van der Waals surface area contributed by atoms with Crippen LogP contribution in [0.4, 0.5) is 5.69 Å². The molecule has 1 heterocycles. The third kappa shape index (κ3) is 3.56. The maximum atomic E-state index is 12.2. The molecule has 0 radical (unpaired) electrons. The van der Waals surface area contributed by atoms with Gasteiger partial charge in [0, 0.05) is 30.8 Å². The van der Waals surface area contributed by atoms with E-state index in [1.165, 1.54) is 6.42 Å². The molecule has 1 N–H and O–H groups in total. The standard InChI is InChI=1S/C15H20N2O2/c1-2-14(18)16-13-8-6-12(7-9-13)15(19)17-10-4-3-5-11-17/h6-9H,2-5,10-11H2,1H3,(H,16,18). The lowest BCUT2D eigenvalue weighted by Crippen LogP contribution is -2.35. The Morgan fingerprint density at radius 1 is 1.11 bits per heavy atom. The van der Waals surface area contributed by atoms with Crippen LogP contribution in [0.25, 0.3) is 0 Å². The largest absolute Gasteiger partial charge is 0.339 e. The Hall–Kier alpha value is -1.84. The summed E-state index contributed by atoms with van der Waals surface area (Å²) in [6.07, 6.45) is 3.85. The first kappa shape index (κ1) is 13.6. The van der Waals surface area contributed by atoms with E-state index in [2.05, 4.69) is 5.32 Å². The number of nitrogens with zero attached hydrogens (tertiary/aromatic N) is 1. The zero-order chi connectivity index (χ0) is 13.7. The quantitative estimate of drug-likeness (QED) is 0.908. The first-order valence-electron chi connectivity index (χ1n) is 6.90. The SMILES string of the molecule is CCC(=O)Nc1ccc(C(=O)N2CCCCC2)cc1. The lowest BCUT2D eigenvalue weighted by Gasteiger charge is -2.26. The topological polar surface area (TPSA) is 49.4 Å². The Morgan fingerprint density at radius 3 is 2.32 bits per heavy atom. The van der Waals surface area contributed by atoms with Gasteiger partial charge in [-0.05, 0) is 43.5 Å². The number of hydrogen-bond acceptors (Lipinski definition) is 2. The van der Waals surface area contributed by atoms with E-state index in [1.807, 2.05) is 11.8 Å². The third-order valence-corrected chi connectivity index (χ3v) is 3.38. The Morgan fingerprint density at radius 2 is 1.74 bits per heavy atom. The van der Waals surface area contributed by atoms with Gasteiger partial charge in [0.1, 0.15) is 0 Å². The zero-order valence-electron chi connectivity index (χ0n) is 11.3. The minimum atomic E-state index is -0.0184. The normalized spacial score (nSPS) is 15.1. The molecule has 0 saturated carbocycles. The predicted molar refractivity (Wildman–Crippen MR) is 75.1 cm³/mol. The molecule has 19 heavy (non-hydrogen) atoms. The molecule has 0 atom stereocenters. The molecule has 0 aliphatic carbocycles. The Labute approximate surface area is 113 Å². The molecule has 2 amide bonds. The van der Waals surface area contributed by atoms with Gasteiger partial charge in [0.05, 0.1) is 0 Å². The maximum absolute atomic E-state index is 12.2. The van der Waals surface area contributed by atoms with Gasteiger partial charge in [-0.2, -0.15) is 0 Å². The van der Waals surface area contributed by atoms with E-state index in [1.54, 1.807) is 24.3 Å². The highest BCUT2D eigenvalue weighted by Crippen LogP contribution is 2.15. The van der Waals surface area contributed by atoms with E-state index < -0.39 is 0 Å². The molecule has 0 bridgehead atoms. The fourth-order valence-electron chi connectivity index (χ4n) is 2.23. The lowest BCUT2D eigenvalue weighted by molar-refractivity contribution is -0.115. The smallest absolute Gasteiger partial charge is 0.253 e. The second-order valence-electron chi connectivity index (χ2n) is 4.83. The summed E-state index contributed by atoms with van der Waals surface area (Å²) in [5.74, 6) is 0.0724. The average Bonchev–Trinajstić information content (AvgIpc) is 2.48. The van der Waals surface area contributed by atoms with Crippen LogP contribution in [0.15, 0.2) is 24.3 Å². The van der Waals surface area contributed by atoms with Gasteiger partial charge in [0.15, 0.2) is 0 Å². The first-order chi connectivity index (χ1) is 9.20. The van der Waals surface area contributed by atoms with Gasteiger partial charge in [0.2, 0.25) is 5.91 Å². The summed E-state index contributed by atoms with van der Waals surface area (Å²) in [6.45, 7) is 3.52. The number of carbonyl (C=O) groups is 2. The van der Waals surface area contributed by atoms with Gasteiger partial charge >= 0.3 is 0 Å². The number of likely N-dealkylation sites (tertiary alicyclic amines) is 1. The van der Waals surface area contributed by atoms with Crippen LogP contribution in [0, 0.1) is 0 Å². The van der Waals surface area contributed by atoms with Crippen molar-refractivity contribution in [3.05, 3.63) is 29.8 Å². The molecule has 1 aliphatic rings. The second-order valence-corrected chi connectivity index (χ2v) is 4.83. The van der Waals surface area contributed by atoms with Crippen LogP contribution in [0.2, 0.25) is 0 Å². The molecule has 0 unspecified atom stereocenters. The minimum Gasteiger partial charge on any atom is -0.339 e. The molecule has 0 spiro atoms. The molecule has 1 aromatic carbocycles. The molecule has 0 aromatic heterocycles. The highest BCUT2D eigenvalue weighted by atomic mass is 16.2. The number of nitrogens with one attached hydrogen (secondary N) is 1. The lowest BCUT2D eigenvalue weighted by atomic mass is 10.1. The molecule has 4 nitrogen and oxygen atoms in total. The average molecular weight is 260 g/mol. The fraction of sp³-hybridized carbons (Fsp3) is 0.467. The fourth-order valence-corrected chi connectivity index (χ4v) is 2.23. The molecule has 1 aromatic rings. The van der Waals surface area contributed by atoms with E-state index >= 15 is 0 Å². The summed E-state index contributed by atoms with van der Waals surface area (Å²) in [4.78, 5) is 25.4. The summed E-state index contributed by atoms with van der Waals surface area (Å²) in [5.41, 5.74) is 1.43. The van der Waals surface area contributed by atoms with Crippen LogP contribution in [0.5, 0.6) is 0 Å². The van der Waals surface area contributed by atoms with Crippen molar-refractivity contribution < 1.29 is 9.59 Å². The summed E-state index contributed by atoms with van der Waals surface area (Å²) in [7, 11) is 0. The Balaban J connectivity index is 2.01. The highest BCUT2D eigenvalue weighted by molar-refractivity contribution is 5.95. The van der Waals surface area contributed by atoms with Gasteiger partial charge in [0.25, 0.3) is 5.91 Å². The molecular weight excluding hydrogens is 240 g/mol. The number of benzene rings is 1. The van der Waals surface area contributed by atoms with Gasteiger partial charge in [-0.3, -0.25) is 9.59 Å². The van der Waals surface area contributed by atoms with Crippen LogP contribution in [-0.2, 0) is 4.79 Å². The van der Waals surface area contributed by atoms with Crippen LogP contribution >= 0.6 is 0 Å². The van der Waals surface area contributed by atoms with Crippen molar-refractivity contribution in [1.82, 2.24) is 4.90 Å². The third-order valence-electron chi connectivity index (χ3n) is 3.38. The molecule has 1 aliphatic heterocycles. The summed E-state index contributed by atoms with van der Waals surface area (Å²) >= 11 is 0. The van der Waals surface area contributed by atoms with Crippen molar-refractivity contribution >= 4 is 17.5 Å². The van der Waals surface area contributed by atoms with Gasteiger partial charge in [-0.1, -0.05) is 6.92 Å². The molecule has 1 fully saturated rings. The van der Waals surface area contributed by atoms with E-state index in [4.69, 9.17) is 0 Å². The van der Waals surface area contributed by atoms with E-state index in [0.29, 0.717) is 12.0 Å². The van der Waals surface area contributed by atoms with Crippen LogP contribution in [0.3, 0.4) is 0 Å². The first-order valence-corrected chi connectivity index (χ1v) is 6.90. The molecule has 2 rings (SSSR count). The summed E-state index contributed by atoms with van der Waals surface area (Å²) in [5, 5.41) is 2.77. The van der Waals surface area contributed by atoms with E-state index in [0.717, 1.165) is 31.6 Å². The van der Waals surface area contributed by atoms with E-state index in [9.17, 15) is 9.59 Å². The number of amides is 2. The van der Waals surface area contributed by atoms with Gasteiger partial charge < -0.3 is 10.2 Å². The number of carbonyl (C=O) groups excluding carboxylic acids is 2. The summed E-state index contributed by atoms with van der Waals surface area (Å²) < 4.78 is 0. The number of rotatable bonds is 3. The van der Waals surface area contributed by atoms with Gasteiger partial charge in [-0.15, -0.1) is 0 Å². The highest BCUT2D eigenvalue weighted by Gasteiger charge is 2.17. The van der Waals surface area contributed by atoms with Crippen molar-refractivity contribution in [3.8, 4) is 0 Å². The molecule has 102 valence electrons. The van der Waals surface area contributed by atoms with Crippen molar-refractivity contribution in [2.24, 2.45) is 0 Å². The second kappa shape index (κ2) is 6.36. The molecular formula is C15H20N2O2. The van der Waals surface area contributed by atoms with Crippen molar-refractivity contribution in [3.63, 3.8) is 0 Å². The Bertz CT molecular complexity index is 448. The van der Waals surface area contributed by atoms with Crippen molar-refractivity contribution in [2.75, 3.05) is 18.4 Å². The molecule has 4 heteroatoms. The van der Waals surface area contributed by atoms with Crippen LogP contribution in [0.1, 0.15) is 43.0 Å². The van der Waals surface area contributed by atoms with Crippen LogP contribution < -0.4 is 5.32 Å². The zero-order valence-corrected chi connectivity index (χ0v) is 11.3. The maximum Gasteiger partial charge on any atom is 0.253 e. The molecule has 1 saturated heterocycles. The Kier molecular flexibility index (Phi) is 4.55. The van der Waals surface area contributed by atoms with Crippen molar-refractivity contribution in [1.29, 1.82) is 0 Å². The predicted octanol–water partition coefficient (Wildman–Crippen LogP) is 2.66. The van der Waals surface area contributed by atoms with Crippen molar-refractivity contribution in [2.45, 2.75) is 32.6 Å².